The molecule has 1 amide bonds. The van der Waals surface area contributed by atoms with Crippen LogP contribution in [0.2, 0.25) is 0 Å². The Labute approximate surface area is 269 Å². The number of esters is 7. The molecular formula is C28H39NO18. The van der Waals surface area contributed by atoms with E-state index in [2.05, 4.69) is 5.32 Å². The third-order valence-electron chi connectivity index (χ3n) is 6.27. The highest BCUT2D eigenvalue weighted by molar-refractivity contribution is 5.73. The summed E-state index contributed by atoms with van der Waals surface area (Å²) in [6.45, 7) is 7.31. The highest BCUT2D eigenvalue weighted by Crippen LogP contribution is 2.35. The molecule has 1 N–H and O–H groups in total. The van der Waals surface area contributed by atoms with Gasteiger partial charge in [0.2, 0.25) is 5.91 Å². The Hall–Kier alpha value is -4.36. The van der Waals surface area contributed by atoms with E-state index >= 15 is 0 Å². The van der Waals surface area contributed by atoms with Crippen molar-refractivity contribution in [1.29, 1.82) is 0 Å². The monoisotopic (exact) mass is 677 g/mol. The van der Waals surface area contributed by atoms with E-state index in [0.717, 1.165) is 55.4 Å². The molecule has 10 atom stereocenters. The molecule has 0 aromatic rings. The molecular weight excluding hydrogens is 638 g/mol. The zero-order chi connectivity index (χ0) is 35.6. The molecule has 2 fully saturated rings. The van der Waals surface area contributed by atoms with Gasteiger partial charge in [0.1, 0.15) is 31.5 Å². The molecule has 2 rings (SSSR count). The summed E-state index contributed by atoms with van der Waals surface area (Å²) in [6.07, 6.45) is -15.8. The van der Waals surface area contributed by atoms with Crippen LogP contribution < -0.4 is 5.32 Å². The number of ether oxygens (including phenoxy) is 10. The van der Waals surface area contributed by atoms with Gasteiger partial charge < -0.3 is 52.7 Å². The predicted molar refractivity (Wildman–Crippen MR) is 147 cm³/mol. The summed E-state index contributed by atoms with van der Waals surface area (Å²) < 4.78 is 55.3. The number of carbonyl (C=O) groups excluding carboxylic acids is 8. The zero-order valence-electron chi connectivity index (χ0n) is 27.0. The number of carbonyl (C=O) groups is 8. The molecule has 2 saturated heterocycles. The number of nitrogens with one attached hydrogen (secondary N) is 1. The SMILES string of the molecule is CC(=O)N[C@@H]1O[C@H](COC(C)=O)[C@@H](OC(C)=O)[C@H](O[C@@H]2O[C@H](COC(C)=O)[C@H](OC(C)=O)[C@H](OC(C)=O)[C@H]2OC(C)=O)[C@H]1OC(C)=O. The van der Waals surface area contributed by atoms with Crippen molar-refractivity contribution >= 4 is 47.7 Å². The normalized spacial score (nSPS) is 30.0. The smallest absolute Gasteiger partial charge is 0.303 e. The maximum atomic E-state index is 12.3. The van der Waals surface area contributed by atoms with Gasteiger partial charge in [-0.05, 0) is 0 Å². The molecule has 0 spiro atoms. The van der Waals surface area contributed by atoms with Gasteiger partial charge >= 0.3 is 41.8 Å². The van der Waals surface area contributed by atoms with Crippen LogP contribution in [0, 0.1) is 0 Å². The third-order valence-corrected chi connectivity index (χ3v) is 6.27. The molecule has 19 heteroatoms. The van der Waals surface area contributed by atoms with E-state index in [1.54, 1.807) is 0 Å². The Morgan fingerprint density at radius 3 is 1.28 bits per heavy atom. The molecule has 0 aromatic carbocycles. The maximum Gasteiger partial charge on any atom is 0.303 e. The van der Waals surface area contributed by atoms with Crippen LogP contribution in [-0.4, -0.2) is 122 Å². The van der Waals surface area contributed by atoms with Crippen LogP contribution in [0.1, 0.15) is 55.4 Å². The fraction of sp³-hybridized carbons (Fsp3) is 0.714. The number of amides is 1. The lowest BCUT2D eigenvalue weighted by atomic mass is 9.95. The molecule has 264 valence electrons. The van der Waals surface area contributed by atoms with Crippen molar-refractivity contribution in [3.63, 3.8) is 0 Å². The molecule has 2 aliphatic heterocycles. The van der Waals surface area contributed by atoms with E-state index in [4.69, 9.17) is 47.4 Å². The second-order valence-electron chi connectivity index (χ2n) is 10.4. The van der Waals surface area contributed by atoms with Crippen molar-refractivity contribution in [1.82, 2.24) is 5.32 Å². The lowest BCUT2D eigenvalue weighted by Gasteiger charge is -2.48. The second-order valence-corrected chi connectivity index (χ2v) is 10.4. The Bertz CT molecular complexity index is 1200. The van der Waals surface area contributed by atoms with Gasteiger partial charge in [-0.2, -0.15) is 0 Å². The van der Waals surface area contributed by atoms with Crippen molar-refractivity contribution in [2.24, 2.45) is 0 Å². The largest absolute Gasteiger partial charge is 0.463 e. The number of hydrogen-bond acceptors (Lipinski definition) is 18. The molecule has 0 aliphatic carbocycles. The van der Waals surface area contributed by atoms with Crippen LogP contribution >= 0.6 is 0 Å². The maximum absolute atomic E-state index is 12.3. The van der Waals surface area contributed by atoms with E-state index in [1.807, 2.05) is 0 Å². The average molecular weight is 678 g/mol. The summed E-state index contributed by atoms with van der Waals surface area (Å²) in [7, 11) is 0. The molecule has 0 aromatic heterocycles. The first kappa shape index (κ1) is 38.8. The predicted octanol–water partition coefficient (Wildman–Crippen LogP) is -1.26. The van der Waals surface area contributed by atoms with Gasteiger partial charge in [0.25, 0.3) is 0 Å². The van der Waals surface area contributed by atoms with E-state index in [0.29, 0.717) is 0 Å². The Morgan fingerprint density at radius 2 is 0.851 bits per heavy atom. The highest BCUT2D eigenvalue weighted by Gasteiger charge is 2.57. The van der Waals surface area contributed by atoms with Crippen LogP contribution in [0.25, 0.3) is 0 Å². The topological polar surface area (TPSA) is 241 Å². The molecule has 0 radical (unpaired) electrons. The molecule has 19 nitrogen and oxygen atoms in total. The van der Waals surface area contributed by atoms with Gasteiger partial charge in [0.05, 0.1) is 0 Å². The highest BCUT2D eigenvalue weighted by atomic mass is 16.8. The fourth-order valence-electron chi connectivity index (χ4n) is 4.83. The van der Waals surface area contributed by atoms with Crippen LogP contribution in [0.3, 0.4) is 0 Å². The van der Waals surface area contributed by atoms with Crippen molar-refractivity contribution in [2.75, 3.05) is 13.2 Å². The quantitative estimate of drug-likeness (QED) is 0.187. The average Bonchev–Trinajstić information content (AvgIpc) is 2.91. The Balaban J connectivity index is 2.75. The summed E-state index contributed by atoms with van der Waals surface area (Å²) in [5, 5.41) is 2.43. The van der Waals surface area contributed by atoms with Gasteiger partial charge in [0.15, 0.2) is 43.0 Å². The minimum atomic E-state index is -1.83. The first-order chi connectivity index (χ1) is 21.9. The molecule has 0 bridgehead atoms. The van der Waals surface area contributed by atoms with Crippen LogP contribution in [0.15, 0.2) is 0 Å². The molecule has 0 unspecified atom stereocenters. The second kappa shape index (κ2) is 17.5. The Kier molecular flexibility index (Phi) is 14.5. The summed E-state index contributed by atoms with van der Waals surface area (Å²) in [5.74, 6) is -6.67. The summed E-state index contributed by atoms with van der Waals surface area (Å²) in [5.41, 5.74) is 0. The van der Waals surface area contributed by atoms with Crippen molar-refractivity contribution in [3.8, 4) is 0 Å². The van der Waals surface area contributed by atoms with Crippen LogP contribution in [-0.2, 0) is 85.7 Å². The van der Waals surface area contributed by atoms with Crippen LogP contribution in [0.4, 0.5) is 0 Å². The van der Waals surface area contributed by atoms with Crippen molar-refractivity contribution in [3.05, 3.63) is 0 Å². The van der Waals surface area contributed by atoms with Gasteiger partial charge in [-0.15, -0.1) is 0 Å². The van der Waals surface area contributed by atoms with E-state index in [9.17, 15) is 38.4 Å². The third kappa shape index (κ3) is 12.1. The van der Waals surface area contributed by atoms with Gasteiger partial charge in [-0.25, -0.2) is 0 Å². The zero-order valence-corrected chi connectivity index (χ0v) is 27.0. The Morgan fingerprint density at radius 1 is 0.468 bits per heavy atom. The van der Waals surface area contributed by atoms with Crippen molar-refractivity contribution in [2.45, 2.75) is 117 Å². The summed E-state index contributed by atoms with van der Waals surface area (Å²) >= 11 is 0. The first-order valence-corrected chi connectivity index (χ1v) is 14.3. The first-order valence-electron chi connectivity index (χ1n) is 14.3. The number of hydrogen-bond donors (Lipinski definition) is 1. The van der Waals surface area contributed by atoms with Gasteiger partial charge in [-0.3, -0.25) is 38.4 Å². The minimum absolute atomic E-state index is 0.547. The number of rotatable bonds is 12. The lowest BCUT2D eigenvalue weighted by Crippen LogP contribution is -2.69. The van der Waals surface area contributed by atoms with Crippen LogP contribution in [0.5, 0.6) is 0 Å². The van der Waals surface area contributed by atoms with E-state index in [1.165, 1.54) is 0 Å². The van der Waals surface area contributed by atoms with E-state index in [-0.39, 0.29) is 0 Å². The molecule has 47 heavy (non-hydrogen) atoms. The fourth-order valence-corrected chi connectivity index (χ4v) is 4.83. The molecule has 2 heterocycles. The lowest BCUT2D eigenvalue weighted by molar-refractivity contribution is -0.345. The molecule has 0 saturated carbocycles. The van der Waals surface area contributed by atoms with Gasteiger partial charge in [0, 0.05) is 55.4 Å². The van der Waals surface area contributed by atoms with E-state index < -0.39 is 122 Å². The summed E-state index contributed by atoms with van der Waals surface area (Å²) in [6, 6.07) is 0. The summed E-state index contributed by atoms with van der Waals surface area (Å²) in [4.78, 5) is 96.6. The molecule has 2 aliphatic rings. The van der Waals surface area contributed by atoms with Crippen molar-refractivity contribution < 1.29 is 85.7 Å². The standard InChI is InChI=1S/C28H39NO18/c1-11(30)29-27-25(43-17(7)36)23(21(40-14(4)33)19(45-27)9-38-12(2)31)47-28-26(44-18(8)37)24(42-16(6)35)22(41-15(5)34)20(46-28)10-39-13(3)32/h19-28H,9-10H2,1-8H3,(H,29,30)/t19-,20-,21-,22+,23+,24+,25-,26-,27-,28+/m1/s1. The van der Waals surface area contributed by atoms with Gasteiger partial charge in [-0.1, -0.05) is 0 Å². The minimum Gasteiger partial charge on any atom is -0.463 e.